The second-order valence-corrected chi connectivity index (χ2v) is 9.09. The Balaban J connectivity index is 2.00. The number of hydrogen-bond acceptors (Lipinski definition) is 6. The molecule has 27 heavy (non-hydrogen) atoms. The van der Waals surface area contributed by atoms with Gasteiger partial charge in [-0.3, -0.25) is 0 Å². The lowest BCUT2D eigenvalue weighted by molar-refractivity contribution is -0.147. The second-order valence-electron chi connectivity index (χ2n) is 7.12. The van der Waals surface area contributed by atoms with E-state index in [9.17, 15) is 23.1 Å². The van der Waals surface area contributed by atoms with Crippen LogP contribution < -0.4 is 5.32 Å². The van der Waals surface area contributed by atoms with Crippen molar-refractivity contribution in [1.29, 1.82) is 0 Å². The fraction of sp³-hybridized carbons (Fsp3) is 0.444. The van der Waals surface area contributed by atoms with Gasteiger partial charge in [-0.2, -0.15) is 0 Å². The van der Waals surface area contributed by atoms with Crippen molar-refractivity contribution in [2.45, 2.75) is 50.3 Å². The van der Waals surface area contributed by atoms with E-state index in [1.165, 1.54) is 19.1 Å². The monoisotopic (exact) mass is 397 g/mol. The minimum absolute atomic E-state index is 0.0651. The molecule has 8 nitrogen and oxygen atoms in total. The average Bonchev–Trinajstić information content (AvgIpc) is 2.79. The summed E-state index contributed by atoms with van der Waals surface area (Å²) in [6, 6.07) is 5.08. The molecule has 0 unspecified atom stereocenters. The van der Waals surface area contributed by atoms with Crippen molar-refractivity contribution in [2.24, 2.45) is 0 Å². The number of carbonyl (C=O) groups is 2. The van der Waals surface area contributed by atoms with E-state index < -0.39 is 46.3 Å². The van der Waals surface area contributed by atoms with Crippen LogP contribution in [0.1, 0.15) is 33.3 Å². The minimum atomic E-state index is -3.71. The van der Waals surface area contributed by atoms with Crippen LogP contribution in [0.15, 0.2) is 34.1 Å². The first-order chi connectivity index (χ1) is 12.4. The Bertz CT molecular complexity index is 868. The summed E-state index contributed by atoms with van der Waals surface area (Å²) in [5.41, 5.74) is -0.0835. The maximum absolute atomic E-state index is 12.4. The number of rotatable bonds is 6. The summed E-state index contributed by atoms with van der Waals surface area (Å²) in [4.78, 5) is 23.5. The van der Waals surface area contributed by atoms with Gasteiger partial charge in [-0.1, -0.05) is 18.2 Å². The molecule has 0 radical (unpaired) electrons. The topological polar surface area (TPSA) is 119 Å². The van der Waals surface area contributed by atoms with Gasteiger partial charge in [-0.05, 0) is 45.4 Å². The Kier molecular flexibility index (Phi) is 5.96. The predicted molar refractivity (Wildman–Crippen MR) is 97.8 cm³/mol. The number of ether oxygens (including phenoxy) is 2. The van der Waals surface area contributed by atoms with Crippen LogP contribution in [0.5, 0.6) is 0 Å². The van der Waals surface area contributed by atoms with Crippen LogP contribution in [-0.2, 0) is 24.1 Å². The molecule has 0 spiro atoms. The number of sulfone groups is 1. The molecule has 2 N–H and O–H groups in total. The Morgan fingerprint density at radius 2 is 1.85 bits per heavy atom. The summed E-state index contributed by atoms with van der Waals surface area (Å²) in [5.74, 6) is -1.29. The van der Waals surface area contributed by atoms with E-state index in [-0.39, 0.29) is 9.80 Å². The lowest BCUT2D eigenvalue weighted by atomic mass is 10.1. The number of nitrogens with one attached hydrogen (secondary N) is 1. The van der Waals surface area contributed by atoms with Gasteiger partial charge in [0, 0.05) is 0 Å². The molecule has 2 rings (SSSR count). The van der Waals surface area contributed by atoms with Crippen LogP contribution in [0.2, 0.25) is 0 Å². The Labute approximate surface area is 158 Å². The molecule has 0 saturated carbocycles. The first-order valence-electron chi connectivity index (χ1n) is 8.30. The molecule has 0 fully saturated rings. The van der Waals surface area contributed by atoms with Gasteiger partial charge in [0.25, 0.3) is 0 Å². The summed E-state index contributed by atoms with van der Waals surface area (Å²) >= 11 is 0. The van der Waals surface area contributed by atoms with E-state index in [2.05, 4.69) is 5.32 Å². The predicted octanol–water partition coefficient (Wildman–Crippen LogP) is 2.20. The normalized spacial score (nSPS) is 17.4. The molecule has 0 saturated heterocycles. The first-order valence-corrected chi connectivity index (χ1v) is 9.79. The average molecular weight is 397 g/mol. The van der Waals surface area contributed by atoms with Crippen molar-refractivity contribution in [3.63, 3.8) is 0 Å². The summed E-state index contributed by atoms with van der Waals surface area (Å²) in [7, 11) is -3.71. The Morgan fingerprint density at radius 1 is 1.22 bits per heavy atom. The van der Waals surface area contributed by atoms with Crippen molar-refractivity contribution in [3.8, 4) is 0 Å². The number of aliphatic carboxylic acids is 1. The number of alkyl carbamates (subject to hydrolysis) is 1. The molecule has 148 valence electrons. The zero-order chi connectivity index (χ0) is 20.4. The van der Waals surface area contributed by atoms with E-state index >= 15 is 0 Å². The van der Waals surface area contributed by atoms with Crippen LogP contribution in [-0.4, -0.2) is 49.9 Å². The van der Waals surface area contributed by atoms with Crippen LogP contribution in [0.3, 0.4) is 0 Å². The van der Waals surface area contributed by atoms with Crippen molar-refractivity contribution in [3.05, 3.63) is 34.7 Å². The number of amides is 1. The highest BCUT2D eigenvalue weighted by atomic mass is 32.2. The van der Waals surface area contributed by atoms with Crippen molar-refractivity contribution >= 4 is 28.0 Å². The molecular weight excluding hydrogens is 374 g/mol. The Hall–Kier alpha value is -2.39. The van der Waals surface area contributed by atoms with Crippen molar-refractivity contribution in [1.82, 2.24) is 5.32 Å². The van der Waals surface area contributed by atoms with Gasteiger partial charge in [0.1, 0.15) is 6.61 Å². The van der Waals surface area contributed by atoms with Crippen LogP contribution in [0.25, 0.3) is 6.08 Å². The van der Waals surface area contributed by atoms with Gasteiger partial charge in [0.15, 0.2) is 6.04 Å². The summed E-state index contributed by atoms with van der Waals surface area (Å²) in [5, 5.41) is 11.5. The van der Waals surface area contributed by atoms with Crippen molar-refractivity contribution in [2.75, 3.05) is 6.61 Å². The number of carboxylic acid groups (broad SMARTS) is 1. The summed E-state index contributed by atoms with van der Waals surface area (Å²) in [6.07, 6.45) is -0.439. The fourth-order valence-corrected chi connectivity index (χ4v) is 4.14. The zero-order valence-corrected chi connectivity index (χ0v) is 16.4. The number of carbonyl (C=O) groups excluding carboxylic acids is 1. The molecule has 9 heteroatoms. The minimum Gasteiger partial charge on any atom is -0.480 e. The number of hydrogen-bond donors (Lipinski definition) is 2. The lowest BCUT2D eigenvalue weighted by Crippen LogP contribution is -2.50. The molecule has 0 aromatic heterocycles. The van der Waals surface area contributed by atoms with E-state index in [4.69, 9.17) is 9.47 Å². The number of benzene rings is 1. The van der Waals surface area contributed by atoms with Crippen LogP contribution >= 0.6 is 0 Å². The van der Waals surface area contributed by atoms with Crippen LogP contribution in [0, 0.1) is 0 Å². The van der Waals surface area contributed by atoms with Gasteiger partial charge in [-0.15, -0.1) is 0 Å². The van der Waals surface area contributed by atoms with Gasteiger partial charge >= 0.3 is 12.1 Å². The maximum Gasteiger partial charge on any atom is 0.408 e. The summed E-state index contributed by atoms with van der Waals surface area (Å²) in [6.45, 7) is 6.30. The first kappa shape index (κ1) is 20.9. The number of carboxylic acids is 1. The highest BCUT2D eigenvalue weighted by molar-refractivity contribution is 7.95. The van der Waals surface area contributed by atoms with Crippen molar-refractivity contribution < 1.29 is 32.6 Å². The molecule has 1 aliphatic rings. The van der Waals surface area contributed by atoms with E-state index in [1.807, 2.05) is 0 Å². The molecular formula is C18H23NO7S. The van der Waals surface area contributed by atoms with E-state index in [1.54, 1.807) is 39.0 Å². The highest BCUT2D eigenvalue weighted by Gasteiger charge is 2.33. The maximum atomic E-state index is 12.4. The van der Waals surface area contributed by atoms with Gasteiger partial charge in [0.2, 0.25) is 9.84 Å². The quantitative estimate of drug-likeness (QED) is 0.755. The van der Waals surface area contributed by atoms with E-state index in [0.29, 0.717) is 5.56 Å². The number of fused-ring (bicyclic) bond motifs is 1. The molecule has 0 bridgehead atoms. The third kappa shape index (κ3) is 5.08. The zero-order valence-electron chi connectivity index (χ0n) is 15.6. The van der Waals surface area contributed by atoms with Gasteiger partial charge in [-0.25, -0.2) is 18.0 Å². The van der Waals surface area contributed by atoms with Gasteiger partial charge < -0.3 is 19.9 Å². The smallest absolute Gasteiger partial charge is 0.408 e. The molecule has 1 aliphatic heterocycles. The molecule has 2 atom stereocenters. The third-order valence-electron chi connectivity index (χ3n) is 3.76. The molecule has 1 aromatic carbocycles. The molecule has 1 amide bonds. The second kappa shape index (κ2) is 7.69. The van der Waals surface area contributed by atoms with Gasteiger partial charge in [0.05, 0.1) is 21.5 Å². The fourth-order valence-electron chi connectivity index (χ4n) is 2.67. The standard InChI is InChI=1S/C18H23NO7S/c1-11(26-18(2,3)4)15(16(20)21)19-17(22)25-10-13-9-12-7-5-6-8-14(12)27(13,23)24/h5-9,11,15H,10H2,1-4H3,(H,19,22)(H,20,21)/t11-,15+/m1/s1. The lowest BCUT2D eigenvalue weighted by Gasteiger charge is -2.29. The Morgan fingerprint density at radius 3 is 2.41 bits per heavy atom. The molecule has 0 aliphatic carbocycles. The SMILES string of the molecule is C[C@@H](OC(C)(C)C)[C@H](NC(=O)OCC1=Cc2ccccc2S1(=O)=O)C(=O)O. The van der Waals surface area contributed by atoms with Crippen LogP contribution in [0.4, 0.5) is 4.79 Å². The highest BCUT2D eigenvalue weighted by Crippen LogP contribution is 2.32. The van der Waals surface area contributed by atoms with E-state index in [0.717, 1.165) is 0 Å². The molecule has 1 heterocycles. The third-order valence-corrected chi connectivity index (χ3v) is 5.64. The summed E-state index contributed by atoms with van der Waals surface area (Å²) < 4.78 is 35.3. The molecule has 1 aromatic rings. The largest absolute Gasteiger partial charge is 0.480 e.